The smallest absolute Gasteiger partial charge is 0.462 e. The van der Waals surface area contributed by atoms with E-state index >= 15 is 0 Å². The third-order valence-corrected chi connectivity index (χ3v) is 11.3. The second kappa shape index (κ2) is 34.7. The maximum atomic E-state index is 12.7. The molecule has 14 heteroatoms. The van der Waals surface area contributed by atoms with Crippen LogP contribution in [0.4, 0.5) is 0 Å². The van der Waals surface area contributed by atoms with Gasteiger partial charge in [-0.1, -0.05) is 121 Å². The van der Waals surface area contributed by atoms with E-state index in [9.17, 15) is 39.5 Å². The first-order valence-corrected chi connectivity index (χ1v) is 23.7. The first kappa shape index (κ1) is 54.1. The van der Waals surface area contributed by atoms with Crippen molar-refractivity contribution >= 4 is 19.8 Å². The lowest BCUT2D eigenvalue weighted by atomic mass is 9.89. The highest BCUT2D eigenvalue weighted by atomic mass is 31.2. The van der Waals surface area contributed by atoms with Gasteiger partial charge in [0.05, 0.1) is 38.1 Å². The number of hydrogen-bond donors (Lipinski definition) is 6. The Morgan fingerprint density at radius 2 is 1.28 bits per heavy atom. The van der Waals surface area contributed by atoms with Crippen LogP contribution in [0, 0.1) is 11.8 Å². The summed E-state index contributed by atoms with van der Waals surface area (Å²) >= 11 is 0. The molecular formula is C44H79O13P. The molecule has 1 saturated carbocycles. The van der Waals surface area contributed by atoms with Crippen LogP contribution in [0.15, 0.2) is 36.5 Å². The number of unbranched alkanes of at least 4 members (excludes halogenated alkanes) is 14. The number of phosphoric ester groups is 1. The predicted molar refractivity (Wildman–Crippen MR) is 226 cm³/mol. The van der Waals surface area contributed by atoms with Gasteiger partial charge in [0.2, 0.25) is 0 Å². The number of esters is 2. The highest BCUT2D eigenvalue weighted by Crippen LogP contribution is 2.43. The Bertz CT molecular complexity index is 1180. The summed E-state index contributed by atoms with van der Waals surface area (Å²) in [7, 11) is -4.69. The minimum absolute atomic E-state index is 0.00659. The quantitative estimate of drug-likeness (QED) is 0.0152. The molecule has 0 heterocycles. The summed E-state index contributed by atoms with van der Waals surface area (Å²) in [6.45, 7) is 1.98. The average molecular weight is 847 g/mol. The van der Waals surface area contributed by atoms with Gasteiger partial charge in [0, 0.05) is 25.2 Å². The molecule has 0 aliphatic heterocycles. The normalized spacial score (nSPS) is 21.2. The summed E-state index contributed by atoms with van der Waals surface area (Å²) < 4.78 is 32.7. The van der Waals surface area contributed by atoms with Gasteiger partial charge in [-0.3, -0.25) is 18.6 Å². The van der Waals surface area contributed by atoms with Crippen LogP contribution in [0.1, 0.15) is 162 Å². The molecule has 0 amide bonds. The Kier molecular flexibility index (Phi) is 32.4. The minimum atomic E-state index is -4.69. The molecule has 0 spiro atoms. The second-order valence-corrected chi connectivity index (χ2v) is 17.1. The van der Waals surface area contributed by atoms with Crippen LogP contribution < -0.4 is 0 Å². The van der Waals surface area contributed by atoms with E-state index in [0.29, 0.717) is 32.1 Å². The monoisotopic (exact) mass is 847 g/mol. The van der Waals surface area contributed by atoms with E-state index in [1.165, 1.54) is 44.9 Å². The molecule has 0 aromatic rings. The van der Waals surface area contributed by atoms with Crippen molar-refractivity contribution in [1.29, 1.82) is 0 Å². The van der Waals surface area contributed by atoms with E-state index in [-0.39, 0.29) is 31.1 Å². The Balaban J connectivity index is 2.48. The zero-order valence-corrected chi connectivity index (χ0v) is 36.5. The SMILES string of the molecule is CCCCCC/C=C\CCCCCCCCCC(=O)OC[C@H](COP(=O)(O)OC[C@@H](O)CO)OC(=O)CCC/C=C/C[C@@H]1[C@@H](/C=C/[C@@H](O)CCCCC)[C@H](O)C[C@@H]1O. The van der Waals surface area contributed by atoms with E-state index in [4.69, 9.17) is 19.1 Å². The van der Waals surface area contributed by atoms with Crippen LogP contribution in [0.25, 0.3) is 0 Å². The summed E-state index contributed by atoms with van der Waals surface area (Å²) in [4.78, 5) is 35.2. The number of hydrogen-bond acceptors (Lipinski definition) is 12. The first-order valence-electron chi connectivity index (χ1n) is 22.2. The third kappa shape index (κ3) is 28.5. The number of rotatable bonds is 37. The van der Waals surface area contributed by atoms with Crippen LogP contribution in [-0.4, -0.2) is 99.3 Å². The zero-order valence-electron chi connectivity index (χ0n) is 35.6. The third-order valence-electron chi connectivity index (χ3n) is 10.3. The summed E-state index contributed by atoms with van der Waals surface area (Å²) in [6, 6.07) is 0. The van der Waals surface area contributed by atoms with Crippen LogP contribution in [-0.2, 0) is 32.7 Å². The molecule has 338 valence electrons. The Morgan fingerprint density at radius 3 is 1.95 bits per heavy atom. The number of aliphatic hydroxyl groups is 5. The second-order valence-electron chi connectivity index (χ2n) is 15.7. The maximum Gasteiger partial charge on any atom is 0.472 e. The molecule has 8 atom stereocenters. The van der Waals surface area contributed by atoms with Crippen LogP contribution >= 0.6 is 7.82 Å². The van der Waals surface area contributed by atoms with Gasteiger partial charge in [0.25, 0.3) is 0 Å². The van der Waals surface area contributed by atoms with Gasteiger partial charge in [-0.25, -0.2) is 4.57 Å². The number of ether oxygens (including phenoxy) is 2. The summed E-state index contributed by atoms with van der Waals surface area (Å²) in [5, 5.41) is 49.7. The lowest BCUT2D eigenvalue weighted by molar-refractivity contribution is -0.161. The zero-order chi connectivity index (χ0) is 42.9. The van der Waals surface area contributed by atoms with Gasteiger partial charge >= 0.3 is 19.8 Å². The fourth-order valence-corrected chi connectivity index (χ4v) is 7.59. The van der Waals surface area contributed by atoms with Crippen molar-refractivity contribution in [3.8, 4) is 0 Å². The average Bonchev–Trinajstić information content (AvgIpc) is 3.47. The van der Waals surface area contributed by atoms with Crippen LogP contribution in [0.3, 0.4) is 0 Å². The molecule has 1 fully saturated rings. The van der Waals surface area contributed by atoms with Gasteiger partial charge in [0.1, 0.15) is 12.7 Å². The Hall–Kier alpha value is -1.93. The van der Waals surface area contributed by atoms with Gasteiger partial charge in [-0.05, 0) is 63.7 Å². The molecule has 0 radical (unpaired) electrons. The number of allylic oxidation sites excluding steroid dienone is 4. The van der Waals surface area contributed by atoms with Gasteiger partial charge in [-0.15, -0.1) is 0 Å². The number of carbonyl (C=O) groups is 2. The van der Waals surface area contributed by atoms with Crippen LogP contribution in [0.5, 0.6) is 0 Å². The van der Waals surface area contributed by atoms with Crippen molar-refractivity contribution in [2.75, 3.05) is 26.4 Å². The van der Waals surface area contributed by atoms with Gasteiger partial charge < -0.3 is 39.9 Å². The predicted octanol–water partition coefficient (Wildman–Crippen LogP) is 7.94. The van der Waals surface area contributed by atoms with Crippen molar-refractivity contribution in [2.24, 2.45) is 11.8 Å². The van der Waals surface area contributed by atoms with Crippen LogP contribution in [0.2, 0.25) is 0 Å². The minimum Gasteiger partial charge on any atom is -0.462 e. The molecule has 13 nitrogen and oxygen atoms in total. The number of carbonyl (C=O) groups excluding carboxylic acids is 2. The fourth-order valence-electron chi connectivity index (χ4n) is 6.80. The Labute approximate surface area is 348 Å². The topological polar surface area (TPSA) is 210 Å². The molecule has 1 aliphatic carbocycles. The lowest BCUT2D eigenvalue weighted by Gasteiger charge is -2.20. The van der Waals surface area contributed by atoms with E-state index in [2.05, 4.69) is 30.5 Å². The fraction of sp³-hybridized carbons (Fsp3) is 0.818. The van der Waals surface area contributed by atoms with Crippen molar-refractivity contribution in [2.45, 2.75) is 192 Å². The van der Waals surface area contributed by atoms with Crippen molar-refractivity contribution in [3.63, 3.8) is 0 Å². The summed E-state index contributed by atoms with van der Waals surface area (Å²) in [5.41, 5.74) is 0. The van der Waals surface area contributed by atoms with E-state index < -0.39 is 76.7 Å². The molecule has 1 unspecified atom stereocenters. The van der Waals surface area contributed by atoms with Crippen molar-refractivity contribution in [3.05, 3.63) is 36.5 Å². The highest BCUT2D eigenvalue weighted by Gasteiger charge is 2.39. The van der Waals surface area contributed by atoms with Crippen molar-refractivity contribution in [1.82, 2.24) is 0 Å². The number of aliphatic hydroxyl groups excluding tert-OH is 5. The molecule has 1 rings (SSSR count). The van der Waals surface area contributed by atoms with E-state index in [1.54, 1.807) is 6.08 Å². The lowest BCUT2D eigenvalue weighted by Crippen LogP contribution is -2.29. The van der Waals surface area contributed by atoms with Gasteiger partial charge in [0.15, 0.2) is 6.10 Å². The van der Waals surface area contributed by atoms with E-state index in [0.717, 1.165) is 51.4 Å². The number of phosphoric acid groups is 1. The summed E-state index contributed by atoms with van der Waals surface area (Å²) in [5.74, 6) is -1.58. The summed E-state index contributed by atoms with van der Waals surface area (Å²) in [6.07, 6.45) is 27.7. The Morgan fingerprint density at radius 1 is 0.707 bits per heavy atom. The van der Waals surface area contributed by atoms with Crippen molar-refractivity contribution < 1.29 is 63.1 Å². The molecule has 0 aromatic heterocycles. The maximum absolute atomic E-state index is 12.7. The molecule has 0 saturated heterocycles. The highest BCUT2D eigenvalue weighted by molar-refractivity contribution is 7.47. The molecular weight excluding hydrogens is 767 g/mol. The molecule has 0 bridgehead atoms. The molecule has 58 heavy (non-hydrogen) atoms. The largest absolute Gasteiger partial charge is 0.472 e. The first-order chi connectivity index (χ1) is 27.9. The molecule has 1 aliphatic rings. The molecule has 0 aromatic carbocycles. The molecule has 6 N–H and O–H groups in total. The standard InChI is InChI=1S/C44H79O13P/c1-3-5-7-8-9-10-11-12-13-14-15-16-17-18-23-27-43(50)54-34-38(35-56-58(52,53)55-33-37(47)32-45)57-44(51)28-24-20-19-22-26-39-40(42(49)31-41(39)48)30-29-36(46)25-21-6-4-2/h10-11,19,22,29-30,36-42,45-49H,3-9,12-18,20-21,23-28,31-35H2,1-2H3,(H,52,53)/b11-10-,22-19+,30-29+/t36-,37-,38+,39+,40+,41-,42+/m0/s1. The van der Waals surface area contributed by atoms with Gasteiger partial charge in [-0.2, -0.15) is 0 Å². The van der Waals surface area contributed by atoms with E-state index in [1.807, 2.05) is 18.2 Å².